The van der Waals surface area contributed by atoms with E-state index < -0.39 is 12.1 Å². The van der Waals surface area contributed by atoms with Crippen molar-refractivity contribution < 1.29 is 13.2 Å². The van der Waals surface area contributed by atoms with Crippen LogP contribution in [0.25, 0.3) is 10.9 Å². The van der Waals surface area contributed by atoms with E-state index in [0.29, 0.717) is 13.1 Å². The molecule has 0 radical (unpaired) electrons. The number of nitrogens with zero attached hydrogens (tertiary/aromatic N) is 2. The third-order valence-electron chi connectivity index (χ3n) is 7.02. The molecule has 1 aliphatic carbocycles. The maximum atomic E-state index is 12.9. The average Bonchev–Trinajstić information content (AvgIpc) is 3.57. The van der Waals surface area contributed by atoms with Crippen LogP contribution < -0.4 is 16.0 Å². The van der Waals surface area contributed by atoms with Crippen molar-refractivity contribution in [2.75, 3.05) is 29.0 Å². The fraction of sp³-hybridized carbons (Fsp3) is 0.440. The molecule has 2 aromatic carbocycles. The molecule has 32 heavy (non-hydrogen) atoms. The number of nitrogens with two attached hydrogens (primary N) is 1. The predicted octanol–water partition coefficient (Wildman–Crippen LogP) is 6.24. The topological polar surface area (TPSA) is 46.2 Å². The molecule has 7 heteroatoms. The van der Waals surface area contributed by atoms with Crippen LogP contribution in [0.4, 0.5) is 36.1 Å². The van der Waals surface area contributed by atoms with Crippen molar-refractivity contribution in [3.8, 4) is 0 Å². The van der Waals surface area contributed by atoms with E-state index in [2.05, 4.69) is 28.1 Å². The van der Waals surface area contributed by atoms with Gasteiger partial charge in [0.05, 0.1) is 11.4 Å². The molecular formula is C25H29F3N4. The summed E-state index contributed by atoms with van der Waals surface area (Å²) < 4.78 is 40.8. The normalized spacial score (nSPS) is 17.8. The Hall–Kier alpha value is -2.83. The zero-order valence-electron chi connectivity index (χ0n) is 18.3. The number of hydrogen-bond donors (Lipinski definition) is 2. The van der Waals surface area contributed by atoms with Gasteiger partial charge in [0.2, 0.25) is 0 Å². The van der Waals surface area contributed by atoms with Crippen LogP contribution in [0.15, 0.2) is 42.5 Å². The summed E-state index contributed by atoms with van der Waals surface area (Å²) in [5.41, 5.74) is 11.7. The molecule has 0 spiro atoms. The lowest BCUT2D eigenvalue weighted by Gasteiger charge is -2.34. The summed E-state index contributed by atoms with van der Waals surface area (Å²) >= 11 is 0. The second kappa shape index (κ2) is 7.94. The minimum atomic E-state index is -4.08. The van der Waals surface area contributed by atoms with Crippen molar-refractivity contribution in [3.05, 3.63) is 48.0 Å². The molecule has 1 aliphatic heterocycles. The Labute approximate surface area is 186 Å². The largest absolute Gasteiger partial charge is 0.391 e. The third-order valence-corrected chi connectivity index (χ3v) is 7.02. The van der Waals surface area contributed by atoms with Crippen LogP contribution in [0.5, 0.6) is 0 Å². The summed E-state index contributed by atoms with van der Waals surface area (Å²) in [5, 5.41) is 4.66. The van der Waals surface area contributed by atoms with E-state index in [-0.39, 0.29) is 12.8 Å². The summed E-state index contributed by atoms with van der Waals surface area (Å²) in [7, 11) is 2.01. The molecule has 0 atom stereocenters. The fourth-order valence-electron chi connectivity index (χ4n) is 4.82. The van der Waals surface area contributed by atoms with Gasteiger partial charge in [0, 0.05) is 48.1 Å². The Morgan fingerprint density at radius 3 is 2.25 bits per heavy atom. The summed E-state index contributed by atoms with van der Waals surface area (Å²) in [5.74, 6) is 0.451. The van der Waals surface area contributed by atoms with Crippen molar-refractivity contribution in [2.45, 2.75) is 38.3 Å². The molecule has 3 N–H and O–H groups in total. The van der Waals surface area contributed by atoms with Gasteiger partial charge in [-0.05, 0) is 74.4 Å². The predicted molar refractivity (Wildman–Crippen MR) is 124 cm³/mol. The molecule has 2 heterocycles. The molecule has 5 rings (SSSR count). The number of hydrogen-bond acceptors (Lipinski definition) is 3. The zero-order valence-corrected chi connectivity index (χ0v) is 18.3. The van der Waals surface area contributed by atoms with Crippen LogP contribution in [-0.4, -0.2) is 23.8 Å². The molecule has 2 aliphatic rings. The summed E-state index contributed by atoms with van der Waals surface area (Å²) in [6, 6.07) is 14.3. The number of fused-ring (bicyclic) bond motifs is 1. The number of nitrogen functional groups attached to an aromatic ring is 1. The number of anilines is 4. The molecule has 0 amide bonds. The number of rotatable bonds is 5. The Bertz CT molecular complexity index is 1100. The minimum absolute atomic E-state index is 0.159. The average molecular weight is 443 g/mol. The Morgan fingerprint density at radius 2 is 1.62 bits per heavy atom. The summed E-state index contributed by atoms with van der Waals surface area (Å²) in [6.45, 7) is 0.872. The molecule has 0 unspecified atom stereocenters. The molecule has 1 saturated carbocycles. The first kappa shape index (κ1) is 21.0. The van der Waals surface area contributed by atoms with Gasteiger partial charge in [-0.15, -0.1) is 0 Å². The van der Waals surface area contributed by atoms with E-state index in [1.54, 1.807) is 0 Å². The summed E-state index contributed by atoms with van der Waals surface area (Å²) in [6.07, 6.45) is -0.115. The Morgan fingerprint density at radius 1 is 0.969 bits per heavy atom. The quantitative estimate of drug-likeness (QED) is 0.492. The molecule has 3 aromatic rings. The Kier molecular flexibility index (Phi) is 5.22. The molecule has 2 fully saturated rings. The molecule has 0 bridgehead atoms. The highest BCUT2D eigenvalue weighted by molar-refractivity contribution is 5.92. The highest BCUT2D eigenvalue weighted by atomic mass is 19.4. The first-order chi connectivity index (χ1) is 15.3. The molecule has 170 valence electrons. The third kappa shape index (κ3) is 4.12. The van der Waals surface area contributed by atoms with Gasteiger partial charge in [-0.2, -0.15) is 13.2 Å². The number of benzene rings is 2. The van der Waals surface area contributed by atoms with Crippen molar-refractivity contribution in [1.82, 2.24) is 4.57 Å². The molecular weight excluding hydrogens is 413 g/mol. The van der Waals surface area contributed by atoms with Gasteiger partial charge in [0.15, 0.2) is 0 Å². The standard InChI is InChI=1S/C25H29F3N4/c1-31-23-15-19(6-9-21(23)22(24(31)29)14-16-2-3-16)30-18-4-7-20(8-5-18)32-12-10-17(11-13-32)25(26,27)28/h4-9,15-17,30H,2-3,10-14,29H2,1H3. The van der Waals surface area contributed by atoms with E-state index >= 15 is 0 Å². The van der Waals surface area contributed by atoms with Gasteiger partial charge in [0.25, 0.3) is 0 Å². The van der Waals surface area contributed by atoms with Crippen LogP contribution in [0.1, 0.15) is 31.2 Å². The van der Waals surface area contributed by atoms with E-state index in [0.717, 1.165) is 40.7 Å². The number of alkyl halides is 3. The first-order valence-electron chi connectivity index (χ1n) is 11.3. The lowest BCUT2D eigenvalue weighted by atomic mass is 9.96. The van der Waals surface area contributed by atoms with Gasteiger partial charge in [0.1, 0.15) is 5.82 Å². The number of piperidine rings is 1. The highest BCUT2D eigenvalue weighted by Gasteiger charge is 2.41. The Balaban J connectivity index is 1.28. The second-order valence-corrected chi connectivity index (χ2v) is 9.28. The number of aryl methyl sites for hydroxylation is 1. The van der Waals surface area contributed by atoms with E-state index in [9.17, 15) is 13.2 Å². The molecule has 1 aromatic heterocycles. The number of halogens is 3. The lowest BCUT2D eigenvalue weighted by Crippen LogP contribution is -2.38. The molecule has 1 saturated heterocycles. The fourth-order valence-corrected chi connectivity index (χ4v) is 4.82. The molecule has 4 nitrogen and oxygen atoms in total. The smallest absolute Gasteiger partial charge is 0.385 e. The van der Waals surface area contributed by atoms with E-state index in [4.69, 9.17) is 5.73 Å². The maximum Gasteiger partial charge on any atom is 0.391 e. The van der Waals surface area contributed by atoms with Crippen LogP contribution in [0.2, 0.25) is 0 Å². The van der Waals surface area contributed by atoms with Gasteiger partial charge in [-0.1, -0.05) is 6.07 Å². The van der Waals surface area contributed by atoms with Gasteiger partial charge >= 0.3 is 6.18 Å². The first-order valence-corrected chi connectivity index (χ1v) is 11.3. The number of aromatic nitrogens is 1. The van der Waals surface area contributed by atoms with Crippen LogP contribution in [0, 0.1) is 11.8 Å². The van der Waals surface area contributed by atoms with Gasteiger partial charge in [-0.25, -0.2) is 0 Å². The van der Waals surface area contributed by atoms with Crippen molar-refractivity contribution >= 4 is 33.8 Å². The van der Waals surface area contributed by atoms with Gasteiger partial charge in [-0.3, -0.25) is 0 Å². The number of nitrogens with one attached hydrogen (secondary N) is 1. The van der Waals surface area contributed by atoms with Crippen LogP contribution in [-0.2, 0) is 13.5 Å². The summed E-state index contributed by atoms with van der Waals surface area (Å²) in [4.78, 5) is 2.03. The highest BCUT2D eigenvalue weighted by Crippen LogP contribution is 2.39. The van der Waals surface area contributed by atoms with Gasteiger partial charge < -0.3 is 20.5 Å². The monoisotopic (exact) mass is 442 g/mol. The second-order valence-electron chi connectivity index (χ2n) is 9.28. The minimum Gasteiger partial charge on any atom is -0.385 e. The maximum absolute atomic E-state index is 12.9. The van der Waals surface area contributed by atoms with E-state index in [1.807, 2.05) is 36.2 Å². The van der Waals surface area contributed by atoms with Crippen molar-refractivity contribution in [3.63, 3.8) is 0 Å². The van der Waals surface area contributed by atoms with Crippen LogP contribution in [0.3, 0.4) is 0 Å². The van der Waals surface area contributed by atoms with E-state index in [1.165, 1.54) is 23.8 Å². The lowest BCUT2D eigenvalue weighted by molar-refractivity contribution is -0.179. The SMILES string of the molecule is Cn1c(N)c(CC2CC2)c2ccc(Nc3ccc(N4CCC(C(F)(F)F)CC4)cc3)cc21. The van der Waals surface area contributed by atoms with Crippen molar-refractivity contribution in [2.24, 2.45) is 18.9 Å². The van der Waals surface area contributed by atoms with Crippen LogP contribution >= 0.6 is 0 Å². The van der Waals surface area contributed by atoms with Crippen molar-refractivity contribution in [1.29, 1.82) is 0 Å². The zero-order chi connectivity index (χ0) is 22.5.